The Labute approximate surface area is 124 Å². The Morgan fingerprint density at radius 1 is 1.15 bits per heavy atom. The third-order valence-electron chi connectivity index (χ3n) is 2.92. The first-order valence-corrected chi connectivity index (χ1v) is 9.13. The van der Waals surface area contributed by atoms with Crippen LogP contribution < -0.4 is 4.74 Å². The van der Waals surface area contributed by atoms with Crippen molar-refractivity contribution < 1.29 is 17.5 Å². The maximum atomic E-state index is 13.1. The monoisotopic (exact) mass is 322 g/mol. The second-order valence-electron chi connectivity index (χ2n) is 4.65. The first kappa shape index (κ1) is 17.2. The van der Waals surface area contributed by atoms with Crippen molar-refractivity contribution >= 4 is 19.7 Å². The van der Waals surface area contributed by atoms with Gasteiger partial charge in [0.2, 0.25) is 0 Å². The summed E-state index contributed by atoms with van der Waals surface area (Å²) >= 11 is 0. The molecule has 0 bridgehead atoms. The number of hydrogen-bond donors (Lipinski definition) is 0. The van der Waals surface area contributed by atoms with Crippen molar-refractivity contribution in [1.29, 1.82) is 0 Å². The molecule has 1 rings (SSSR count). The molecule has 114 valence electrons. The molecule has 0 aliphatic carbocycles. The predicted molar refractivity (Wildman–Crippen MR) is 78.3 cm³/mol. The molecule has 3 nitrogen and oxygen atoms in total. The van der Waals surface area contributed by atoms with Gasteiger partial charge in [-0.2, -0.15) is 0 Å². The third kappa shape index (κ3) is 6.09. The van der Waals surface area contributed by atoms with Gasteiger partial charge in [-0.1, -0.05) is 39.0 Å². The standard InChI is InChI=1S/C14H20ClFO3S/c1-2-3-4-5-6-7-10-19-13-9-8-12(16)11-14(13)20(15,17)18/h8-9,11H,2-7,10H2,1H3. The normalized spacial score (nSPS) is 11.6. The van der Waals surface area contributed by atoms with E-state index in [1.807, 2.05) is 0 Å². The molecular weight excluding hydrogens is 303 g/mol. The molecule has 20 heavy (non-hydrogen) atoms. The molecule has 1 aromatic carbocycles. The first-order chi connectivity index (χ1) is 9.45. The van der Waals surface area contributed by atoms with Gasteiger partial charge in [-0.25, -0.2) is 12.8 Å². The van der Waals surface area contributed by atoms with E-state index >= 15 is 0 Å². The van der Waals surface area contributed by atoms with Gasteiger partial charge in [-0.05, 0) is 24.6 Å². The van der Waals surface area contributed by atoms with Crippen LogP contribution in [0.2, 0.25) is 0 Å². The predicted octanol–water partition coefficient (Wildman–Crippen LogP) is 4.49. The van der Waals surface area contributed by atoms with E-state index in [0.29, 0.717) is 6.61 Å². The van der Waals surface area contributed by atoms with E-state index in [1.54, 1.807) is 0 Å². The van der Waals surface area contributed by atoms with E-state index in [1.165, 1.54) is 25.3 Å². The summed E-state index contributed by atoms with van der Waals surface area (Å²) in [5.74, 6) is -0.550. The Kier molecular flexibility index (Phi) is 7.30. The Hall–Kier alpha value is -0.810. The third-order valence-corrected chi connectivity index (χ3v) is 4.27. The molecule has 0 atom stereocenters. The molecule has 1 aromatic rings. The van der Waals surface area contributed by atoms with E-state index in [-0.39, 0.29) is 10.6 Å². The Morgan fingerprint density at radius 2 is 1.80 bits per heavy atom. The van der Waals surface area contributed by atoms with Gasteiger partial charge in [0.1, 0.15) is 16.5 Å². The Balaban J connectivity index is 2.48. The highest BCUT2D eigenvalue weighted by Crippen LogP contribution is 2.27. The Morgan fingerprint density at radius 3 is 2.45 bits per heavy atom. The zero-order valence-electron chi connectivity index (χ0n) is 11.6. The molecule has 0 aliphatic rings. The van der Waals surface area contributed by atoms with Gasteiger partial charge in [0.25, 0.3) is 9.05 Å². The van der Waals surface area contributed by atoms with Gasteiger partial charge in [0, 0.05) is 10.7 Å². The summed E-state index contributed by atoms with van der Waals surface area (Å²) < 4.78 is 41.1. The van der Waals surface area contributed by atoms with Gasteiger partial charge in [0.15, 0.2) is 0 Å². The molecule has 0 aliphatic heterocycles. The quantitative estimate of drug-likeness (QED) is 0.497. The van der Waals surface area contributed by atoms with Gasteiger partial charge >= 0.3 is 0 Å². The molecule has 0 spiro atoms. The van der Waals surface area contributed by atoms with E-state index in [4.69, 9.17) is 15.4 Å². The largest absolute Gasteiger partial charge is 0.492 e. The average molecular weight is 323 g/mol. The molecule has 0 unspecified atom stereocenters. The SMILES string of the molecule is CCCCCCCCOc1ccc(F)cc1S(=O)(=O)Cl. The van der Waals surface area contributed by atoms with Crippen LogP contribution in [0, 0.1) is 5.82 Å². The van der Waals surface area contributed by atoms with Crippen LogP contribution in [0.4, 0.5) is 4.39 Å². The van der Waals surface area contributed by atoms with Crippen molar-refractivity contribution in [2.45, 2.75) is 50.3 Å². The maximum Gasteiger partial charge on any atom is 0.265 e. The number of hydrogen-bond acceptors (Lipinski definition) is 3. The highest BCUT2D eigenvalue weighted by Gasteiger charge is 2.17. The lowest BCUT2D eigenvalue weighted by molar-refractivity contribution is 0.296. The fourth-order valence-corrected chi connectivity index (χ4v) is 2.84. The zero-order valence-corrected chi connectivity index (χ0v) is 13.1. The second kappa shape index (κ2) is 8.47. The number of unbranched alkanes of at least 4 members (excludes halogenated alkanes) is 5. The van der Waals surface area contributed by atoms with Gasteiger partial charge in [-0.3, -0.25) is 0 Å². The molecule has 0 fully saturated rings. The number of halogens is 2. The highest BCUT2D eigenvalue weighted by atomic mass is 35.7. The number of benzene rings is 1. The lowest BCUT2D eigenvalue weighted by atomic mass is 10.1. The minimum atomic E-state index is -4.00. The molecule has 0 saturated heterocycles. The summed E-state index contributed by atoms with van der Waals surface area (Å²) in [5, 5.41) is 0. The lowest BCUT2D eigenvalue weighted by Gasteiger charge is -2.09. The molecule has 0 N–H and O–H groups in total. The van der Waals surface area contributed by atoms with Crippen molar-refractivity contribution in [3.05, 3.63) is 24.0 Å². The number of rotatable bonds is 9. The molecule has 0 heterocycles. The van der Waals surface area contributed by atoms with Crippen LogP contribution in [0.15, 0.2) is 23.1 Å². The second-order valence-corrected chi connectivity index (χ2v) is 7.18. The fraction of sp³-hybridized carbons (Fsp3) is 0.571. The summed E-state index contributed by atoms with van der Waals surface area (Å²) in [7, 11) is 1.26. The van der Waals surface area contributed by atoms with Crippen LogP contribution in [0.25, 0.3) is 0 Å². The highest BCUT2D eigenvalue weighted by molar-refractivity contribution is 8.13. The van der Waals surface area contributed by atoms with Crippen LogP contribution in [-0.2, 0) is 9.05 Å². The van der Waals surface area contributed by atoms with Crippen LogP contribution in [-0.4, -0.2) is 15.0 Å². The van der Waals surface area contributed by atoms with Gasteiger partial charge in [0.05, 0.1) is 6.61 Å². The molecule has 6 heteroatoms. The molecule has 0 aromatic heterocycles. The van der Waals surface area contributed by atoms with Crippen LogP contribution in [0.5, 0.6) is 5.75 Å². The average Bonchev–Trinajstić information content (AvgIpc) is 2.38. The molecule has 0 radical (unpaired) electrons. The first-order valence-electron chi connectivity index (χ1n) is 6.82. The molecular formula is C14H20ClFO3S. The summed E-state index contributed by atoms with van der Waals surface area (Å²) in [4.78, 5) is -0.315. The molecule has 0 amide bonds. The summed E-state index contributed by atoms with van der Waals surface area (Å²) in [5.41, 5.74) is 0. The summed E-state index contributed by atoms with van der Waals surface area (Å²) in [6, 6.07) is 3.32. The van der Waals surface area contributed by atoms with Crippen molar-refractivity contribution in [2.75, 3.05) is 6.61 Å². The van der Waals surface area contributed by atoms with E-state index in [2.05, 4.69) is 6.92 Å². The van der Waals surface area contributed by atoms with Crippen molar-refractivity contribution in [3.8, 4) is 5.75 Å². The van der Waals surface area contributed by atoms with Crippen LogP contribution in [0.3, 0.4) is 0 Å². The zero-order chi connectivity index (χ0) is 15.0. The van der Waals surface area contributed by atoms with Gasteiger partial charge < -0.3 is 4.74 Å². The topological polar surface area (TPSA) is 43.4 Å². The lowest BCUT2D eigenvalue weighted by Crippen LogP contribution is -2.02. The Bertz CT molecular complexity index is 517. The summed E-state index contributed by atoms with van der Waals surface area (Å²) in [6.07, 6.45) is 6.64. The van der Waals surface area contributed by atoms with Crippen molar-refractivity contribution in [2.24, 2.45) is 0 Å². The van der Waals surface area contributed by atoms with Crippen LogP contribution >= 0.6 is 10.7 Å². The van der Waals surface area contributed by atoms with E-state index < -0.39 is 14.9 Å². The maximum absolute atomic E-state index is 13.1. The number of ether oxygens (including phenoxy) is 1. The fourth-order valence-electron chi connectivity index (χ4n) is 1.86. The van der Waals surface area contributed by atoms with E-state index in [9.17, 15) is 12.8 Å². The van der Waals surface area contributed by atoms with Crippen molar-refractivity contribution in [3.63, 3.8) is 0 Å². The molecule has 0 saturated carbocycles. The van der Waals surface area contributed by atoms with Gasteiger partial charge in [-0.15, -0.1) is 0 Å². The smallest absolute Gasteiger partial charge is 0.265 e. The minimum absolute atomic E-state index is 0.106. The van der Waals surface area contributed by atoms with Crippen LogP contribution in [0.1, 0.15) is 45.4 Å². The van der Waals surface area contributed by atoms with E-state index in [0.717, 1.165) is 31.4 Å². The summed E-state index contributed by atoms with van der Waals surface area (Å²) in [6.45, 7) is 2.56. The minimum Gasteiger partial charge on any atom is -0.492 e. The van der Waals surface area contributed by atoms with Crippen molar-refractivity contribution in [1.82, 2.24) is 0 Å².